The van der Waals surface area contributed by atoms with Crippen LogP contribution in [0.4, 0.5) is 5.69 Å². The number of anilines is 1. The second kappa shape index (κ2) is 6.53. The third kappa shape index (κ3) is 5.20. The third-order valence-electron chi connectivity index (χ3n) is 2.43. The lowest BCUT2D eigenvalue weighted by Gasteiger charge is -2.14. The van der Waals surface area contributed by atoms with E-state index in [1.54, 1.807) is 24.3 Å². The van der Waals surface area contributed by atoms with Gasteiger partial charge in [0.2, 0.25) is 11.8 Å². The summed E-state index contributed by atoms with van der Waals surface area (Å²) in [6.45, 7) is 1.10. The zero-order valence-corrected chi connectivity index (χ0v) is 10.8. The number of amides is 2. The van der Waals surface area contributed by atoms with Crippen molar-refractivity contribution >= 4 is 23.5 Å². The van der Waals surface area contributed by atoms with E-state index in [2.05, 4.69) is 5.32 Å². The van der Waals surface area contributed by atoms with Crippen LogP contribution in [0, 0.1) is 0 Å². The van der Waals surface area contributed by atoms with Gasteiger partial charge < -0.3 is 15.3 Å². The number of nitrogens with one attached hydrogen (secondary N) is 1. The van der Waals surface area contributed by atoms with E-state index in [9.17, 15) is 14.4 Å². The molecule has 0 bridgehead atoms. The van der Waals surface area contributed by atoms with E-state index in [1.165, 1.54) is 14.0 Å². The van der Waals surface area contributed by atoms with Gasteiger partial charge in [-0.1, -0.05) is 12.1 Å². The molecular weight excluding hydrogens is 248 g/mol. The maximum Gasteiger partial charge on any atom is 0.323 e. The maximum atomic E-state index is 11.7. The molecule has 6 nitrogen and oxygen atoms in total. The quantitative estimate of drug-likeness (QED) is 0.820. The van der Waals surface area contributed by atoms with E-state index in [-0.39, 0.29) is 24.8 Å². The first kappa shape index (κ1) is 14.7. The summed E-state index contributed by atoms with van der Waals surface area (Å²) in [5, 5.41) is 11.2. The fraction of sp³-hybridized carbons (Fsp3) is 0.308. The molecule has 2 amide bonds. The van der Waals surface area contributed by atoms with Crippen molar-refractivity contribution in [3.63, 3.8) is 0 Å². The number of carbonyl (C=O) groups excluding carboxylic acids is 2. The number of aliphatic carboxylic acids is 1. The van der Waals surface area contributed by atoms with Crippen molar-refractivity contribution in [2.75, 3.05) is 18.9 Å². The molecular formula is C13H16N2O4. The molecule has 0 aliphatic rings. The summed E-state index contributed by atoms with van der Waals surface area (Å²) in [5.41, 5.74) is 1.42. The highest BCUT2D eigenvalue weighted by Gasteiger charge is 2.12. The monoisotopic (exact) mass is 264 g/mol. The zero-order chi connectivity index (χ0) is 14.4. The van der Waals surface area contributed by atoms with Gasteiger partial charge in [0, 0.05) is 19.7 Å². The van der Waals surface area contributed by atoms with Crippen LogP contribution in [-0.2, 0) is 20.8 Å². The largest absolute Gasteiger partial charge is 0.480 e. The summed E-state index contributed by atoms with van der Waals surface area (Å²) < 4.78 is 0. The van der Waals surface area contributed by atoms with Crippen LogP contribution >= 0.6 is 0 Å². The number of likely N-dealkylation sites (N-methyl/N-ethyl adjacent to an activating group) is 1. The lowest BCUT2D eigenvalue weighted by atomic mass is 10.1. The summed E-state index contributed by atoms with van der Waals surface area (Å²) in [4.78, 5) is 34.2. The van der Waals surface area contributed by atoms with Crippen molar-refractivity contribution in [3.8, 4) is 0 Å². The van der Waals surface area contributed by atoms with Crippen molar-refractivity contribution in [3.05, 3.63) is 29.8 Å². The first-order valence-electron chi connectivity index (χ1n) is 5.71. The molecule has 1 rings (SSSR count). The predicted molar refractivity (Wildman–Crippen MR) is 69.7 cm³/mol. The normalized spacial score (nSPS) is 9.79. The minimum absolute atomic E-state index is 0.129. The molecule has 0 aliphatic heterocycles. The summed E-state index contributed by atoms with van der Waals surface area (Å²) in [5.74, 6) is -1.48. The van der Waals surface area contributed by atoms with Gasteiger partial charge in [-0.05, 0) is 17.7 Å². The number of rotatable bonds is 5. The Hall–Kier alpha value is -2.37. The third-order valence-corrected chi connectivity index (χ3v) is 2.43. The van der Waals surface area contributed by atoms with Gasteiger partial charge in [-0.3, -0.25) is 14.4 Å². The Morgan fingerprint density at radius 2 is 1.79 bits per heavy atom. The minimum atomic E-state index is -1.04. The number of benzene rings is 1. The molecule has 0 aromatic heterocycles. The molecule has 0 unspecified atom stereocenters. The molecule has 19 heavy (non-hydrogen) atoms. The summed E-state index contributed by atoms with van der Waals surface area (Å²) in [6.07, 6.45) is 0.129. The first-order chi connectivity index (χ1) is 8.88. The molecule has 0 radical (unpaired) electrons. The smallest absolute Gasteiger partial charge is 0.323 e. The van der Waals surface area contributed by atoms with Gasteiger partial charge in [0.15, 0.2) is 0 Å². The average Bonchev–Trinajstić information content (AvgIpc) is 2.30. The van der Waals surface area contributed by atoms with Gasteiger partial charge in [0.05, 0.1) is 6.42 Å². The van der Waals surface area contributed by atoms with Crippen LogP contribution in [0.1, 0.15) is 12.5 Å². The fourth-order valence-electron chi connectivity index (χ4n) is 1.51. The van der Waals surface area contributed by atoms with Gasteiger partial charge in [0.1, 0.15) is 6.54 Å². The van der Waals surface area contributed by atoms with Crippen molar-refractivity contribution in [2.45, 2.75) is 13.3 Å². The molecule has 0 saturated heterocycles. The summed E-state index contributed by atoms with van der Waals surface area (Å²) in [7, 11) is 1.45. The van der Waals surface area contributed by atoms with Crippen LogP contribution in [0.3, 0.4) is 0 Å². The van der Waals surface area contributed by atoms with E-state index in [0.29, 0.717) is 5.69 Å². The van der Waals surface area contributed by atoms with Crippen molar-refractivity contribution in [1.82, 2.24) is 4.90 Å². The highest BCUT2D eigenvalue weighted by molar-refractivity contribution is 5.88. The Labute approximate surface area is 111 Å². The predicted octanol–water partition coefficient (Wildman–Crippen LogP) is 0.730. The molecule has 0 saturated carbocycles. The molecule has 1 aromatic rings. The van der Waals surface area contributed by atoms with Crippen LogP contribution in [-0.4, -0.2) is 41.4 Å². The molecule has 0 aliphatic carbocycles. The van der Waals surface area contributed by atoms with Crippen LogP contribution in [0.25, 0.3) is 0 Å². The van der Waals surface area contributed by atoms with Crippen LogP contribution in [0.5, 0.6) is 0 Å². The van der Waals surface area contributed by atoms with Gasteiger partial charge >= 0.3 is 5.97 Å². The second-order valence-corrected chi connectivity index (χ2v) is 4.20. The van der Waals surface area contributed by atoms with Crippen molar-refractivity contribution < 1.29 is 19.5 Å². The first-order valence-corrected chi connectivity index (χ1v) is 5.71. The number of nitrogens with zero attached hydrogens (tertiary/aromatic N) is 1. The number of hydrogen-bond acceptors (Lipinski definition) is 3. The summed E-state index contributed by atoms with van der Waals surface area (Å²) in [6, 6.07) is 6.83. The van der Waals surface area contributed by atoms with Gasteiger partial charge in [-0.15, -0.1) is 0 Å². The molecule has 102 valence electrons. The molecule has 6 heteroatoms. The number of hydrogen-bond donors (Lipinski definition) is 2. The Balaban J connectivity index is 2.60. The van der Waals surface area contributed by atoms with Gasteiger partial charge in [0.25, 0.3) is 0 Å². The summed E-state index contributed by atoms with van der Waals surface area (Å²) >= 11 is 0. The Morgan fingerprint density at radius 3 is 2.26 bits per heavy atom. The highest BCUT2D eigenvalue weighted by Crippen LogP contribution is 2.10. The Kier molecular flexibility index (Phi) is 5.05. The number of carbonyl (C=O) groups is 3. The molecule has 0 fully saturated rings. The molecule has 0 heterocycles. The standard InChI is InChI=1S/C13H16N2O4/c1-9(16)14-11-5-3-10(4-6-11)7-12(17)15(2)8-13(18)19/h3-6H,7-8H2,1-2H3,(H,14,16)(H,18,19). The molecule has 1 aromatic carbocycles. The van der Waals surface area contributed by atoms with E-state index in [0.717, 1.165) is 10.5 Å². The lowest BCUT2D eigenvalue weighted by Crippen LogP contribution is -2.33. The minimum Gasteiger partial charge on any atom is -0.480 e. The van der Waals surface area contributed by atoms with E-state index >= 15 is 0 Å². The Bertz CT molecular complexity index is 482. The average molecular weight is 264 g/mol. The Morgan fingerprint density at radius 1 is 1.21 bits per heavy atom. The SMILES string of the molecule is CC(=O)Nc1ccc(CC(=O)N(C)CC(=O)O)cc1. The van der Waals surface area contributed by atoms with Crippen LogP contribution in [0.15, 0.2) is 24.3 Å². The van der Waals surface area contributed by atoms with Gasteiger partial charge in [-0.25, -0.2) is 0 Å². The fourth-order valence-corrected chi connectivity index (χ4v) is 1.51. The topological polar surface area (TPSA) is 86.7 Å². The molecule has 2 N–H and O–H groups in total. The number of carboxylic acid groups (broad SMARTS) is 1. The van der Waals surface area contributed by atoms with Crippen LogP contribution in [0.2, 0.25) is 0 Å². The highest BCUT2D eigenvalue weighted by atomic mass is 16.4. The van der Waals surface area contributed by atoms with E-state index < -0.39 is 5.97 Å². The van der Waals surface area contributed by atoms with Gasteiger partial charge in [-0.2, -0.15) is 0 Å². The number of carboxylic acids is 1. The molecule has 0 spiro atoms. The lowest BCUT2D eigenvalue weighted by molar-refractivity contribution is -0.143. The van der Waals surface area contributed by atoms with E-state index in [1.807, 2.05) is 0 Å². The molecule has 0 atom stereocenters. The van der Waals surface area contributed by atoms with Crippen molar-refractivity contribution in [1.29, 1.82) is 0 Å². The van der Waals surface area contributed by atoms with E-state index in [4.69, 9.17) is 5.11 Å². The zero-order valence-electron chi connectivity index (χ0n) is 10.8. The van der Waals surface area contributed by atoms with Crippen molar-refractivity contribution in [2.24, 2.45) is 0 Å². The van der Waals surface area contributed by atoms with Crippen LogP contribution < -0.4 is 5.32 Å². The second-order valence-electron chi connectivity index (χ2n) is 4.20. The maximum absolute atomic E-state index is 11.7.